The van der Waals surface area contributed by atoms with Gasteiger partial charge in [-0.1, -0.05) is 42.5 Å². The predicted molar refractivity (Wildman–Crippen MR) is 110 cm³/mol. The van der Waals surface area contributed by atoms with E-state index in [1.165, 1.54) is 7.11 Å². The number of carbonyl (C=O) groups is 1. The van der Waals surface area contributed by atoms with Gasteiger partial charge < -0.3 is 18.9 Å². The first kappa shape index (κ1) is 18.6. The zero-order valence-electron chi connectivity index (χ0n) is 16.2. The summed E-state index contributed by atoms with van der Waals surface area (Å²) >= 11 is 0. The third-order valence-corrected chi connectivity index (χ3v) is 4.63. The minimum atomic E-state index is -0.437. The SMILES string of the molecule is COc1cc(OC)c2c(c1)/C(=C/c1ccc(OCc3ccccc3)cc1)OC2=O. The van der Waals surface area contributed by atoms with E-state index in [4.69, 9.17) is 18.9 Å². The van der Waals surface area contributed by atoms with Crippen molar-refractivity contribution < 1.29 is 23.7 Å². The van der Waals surface area contributed by atoms with Gasteiger partial charge in [-0.15, -0.1) is 0 Å². The van der Waals surface area contributed by atoms with E-state index in [1.807, 2.05) is 60.7 Å². The number of rotatable bonds is 6. The van der Waals surface area contributed by atoms with Gasteiger partial charge in [-0.25, -0.2) is 4.79 Å². The first-order valence-electron chi connectivity index (χ1n) is 9.15. The highest BCUT2D eigenvalue weighted by Gasteiger charge is 2.31. The molecule has 0 fully saturated rings. The summed E-state index contributed by atoms with van der Waals surface area (Å²) in [6.45, 7) is 0.506. The van der Waals surface area contributed by atoms with Gasteiger partial charge in [0.1, 0.15) is 35.2 Å². The van der Waals surface area contributed by atoms with E-state index in [1.54, 1.807) is 19.2 Å². The maximum Gasteiger partial charge on any atom is 0.348 e. The lowest BCUT2D eigenvalue weighted by Gasteiger charge is -2.08. The van der Waals surface area contributed by atoms with Crippen LogP contribution in [0.4, 0.5) is 0 Å². The number of hydrogen-bond donors (Lipinski definition) is 0. The molecule has 0 bridgehead atoms. The molecule has 5 heteroatoms. The lowest BCUT2D eigenvalue weighted by atomic mass is 10.0. The van der Waals surface area contributed by atoms with Gasteiger partial charge in [-0.2, -0.15) is 0 Å². The Hall–Kier alpha value is -3.73. The van der Waals surface area contributed by atoms with Crippen molar-refractivity contribution in [3.63, 3.8) is 0 Å². The second-order valence-electron chi connectivity index (χ2n) is 6.49. The van der Waals surface area contributed by atoms with Crippen LogP contribution in [0, 0.1) is 0 Å². The predicted octanol–water partition coefficient (Wildman–Crippen LogP) is 4.95. The van der Waals surface area contributed by atoms with Crippen LogP contribution in [0.25, 0.3) is 11.8 Å². The van der Waals surface area contributed by atoms with Gasteiger partial charge in [0.05, 0.1) is 14.2 Å². The number of benzene rings is 3. The fourth-order valence-corrected chi connectivity index (χ4v) is 3.14. The first-order chi connectivity index (χ1) is 14.2. The zero-order valence-corrected chi connectivity index (χ0v) is 16.2. The molecule has 0 saturated carbocycles. The van der Waals surface area contributed by atoms with E-state index in [-0.39, 0.29) is 0 Å². The van der Waals surface area contributed by atoms with Crippen LogP contribution in [0.2, 0.25) is 0 Å². The molecule has 29 heavy (non-hydrogen) atoms. The van der Waals surface area contributed by atoms with Crippen molar-refractivity contribution in [3.05, 3.63) is 89.0 Å². The molecule has 0 unspecified atom stereocenters. The summed E-state index contributed by atoms with van der Waals surface area (Å²) < 4.78 is 21.9. The summed E-state index contributed by atoms with van der Waals surface area (Å²) in [5.74, 6) is 1.81. The highest BCUT2D eigenvalue weighted by atomic mass is 16.5. The number of esters is 1. The Bertz CT molecular complexity index is 1050. The van der Waals surface area contributed by atoms with Crippen molar-refractivity contribution in [3.8, 4) is 17.2 Å². The summed E-state index contributed by atoms with van der Waals surface area (Å²) in [4.78, 5) is 12.3. The fourth-order valence-electron chi connectivity index (χ4n) is 3.14. The molecule has 0 aliphatic carbocycles. The van der Waals surface area contributed by atoms with Crippen LogP contribution in [0.1, 0.15) is 27.0 Å². The largest absolute Gasteiger partial charge is 0.497 e. The van der Waals surface area contributed by atoms with Gasteiger partial charge in [0, 0.05) is 11.6 Å². The van der Waals surface area contributed by atoms with E-state index >= 15 is 0 Å². The van der Waals surface area contributed by atoms with Crippen LogP contribution in [-0.4, -0.2) is 20.2 Å². The monoisotopic (exact) mass is 388 g/mol. The Morgan fingerprint density at radius 1 is 0.897 bits per heavy atom. The Kier molecular flexibility index (Phi) is 5.20. The summed E-state index contributed by atoms with van der Waals surface area (Å²) in [7, 11) is 3.08. The highest BCUT2D eigenvalue weighted by molar-refractivity contribution is 6.08. The fraction of sp³-hybridized carbons (Fsp3) is 0.125. The average Bonchev–Trinajstić information content (AvgIpc) is 3.08. The maximum absolute atomic E-state index is 12.3. The molecule has 0 spiro atoms. The summed E-state index contributed by atoms with van der Waals surface area (Å²) in [5, 5.41) is 0. The lowest BCUT2D eigenvalue weighted by molar-refractivity contribution is 0.0714. The van der Waals surface area contributed by atoms with E-state index in [0.717, 1.165) is 16.9 Å². The van der Waals surface area contributed by atoms with Gasteiger partial charge in [-0.05, 0) is 35.4 Å². The molecule has 1 aliphatic rings. The van der Waals surface area contributed by atoms with Gasteiger partial charge in [0.15, 0.2) is 0 Å². The Balaban J connectivity index is 1.56. The Labute approximate surface area is 169 Å². The number of methoxy groups -OCH3 is 2. The number of fused-ring (bicyclic) bond motifs is 1. The quantitative estimate of drug-likeness (QED) is 0.559. The van der Waals surface area contributed by atoms with Crippen molar-refractivity contribution in [2.75, 3.05) is 14.2 Å². The summed E-state index contributed by atoms with van der Waals surface area (Å²) in [6.07, 6.45) is 1.81. The molecular formula is C24H20O5. The highest BCUT2D eigenvalue weighted by Crippen LogP contribution is 2.40. The van der Waals surface area contributed by atoms with Crippen LogP contribution < -0.4 is 14.2 Å². The third kappa shape index (κ3) is 3.94. The lowest BCUT2D eigenvalue weighted by Crippen LogP contribution is -1.99. The first-order valence-corrected chi connectivity index (χ1v) is 9.15. The second-order valence-corrected chi connectivity index (χ2v) is 6.49. The molecule has 1 aliphatic heterocycles. The van der Waals surface area contributed by atoms with Crippen LogP contribution in [0.15, 0.2) is 66.7 Å². The Morgan fingerprint density at radius 3 is 2.34 bits per heavy atom. The molecule has 0 radical (unpaired) electrons. The number of ether oxygens (including phenoxy) is 4. The molecule has 0 aromatic heterocycles. The van der Waals surface area contributed by atoms with Gasteiger partial charge in [0.25, 0.3) is 0 Å². The van der Waals surface area contributed by atoms with Crippen LogP contribution >= 0.6 is 0 Å². The maximum atomic E-state index is 12.3. The van der Waals surface area contributed by atoms with Crippen LogP contribution in [0.3, 0.4) is 0 Å². The molecule has 3 aromatic rings. The molecule has 3 aromatic carbocycles. The topological polar surface area (TPSA) is 54.0 Å². The molecular weight excluding hydrogens is 368 g/mol. The minimum Gasteiger partial charge on any atom is -0.497 e. The summed E-state index contributed by atoms with van der Waals surface area (Å²) in [6, 6.07) is 21.0. The van der Waals surface area contributed by atoms with E-state index < -0.39 is 5.97 Å². The second kappa shape index (κ2) is 8.10. The normalized spacial score (nSPS) is 13.7. The van der Waals surface area contributed by atoms with E-state index in [9.17, 15) is 4.79 Å². The van der Waals surface area contributed by atoms with E-state index in [0.29, 0.717) is 35.0 Å². The van der Waals surface area contributed by atoms with Crippen molar-refractivity contribution in [2.24, 2.45) is 0 Å². The standard InChI is InChI=1S/C24H20O5/c1-26-19-13-20-21(29-24(25)23(20)22(14-19)27-2)12-16-8-10-18(11-9-16)28-15-17-6-4-3-5-7-17/h3-14H,15H2,1-2H3/b21-12-. The smallest absolute Gasteiger partial charge is 0.348 e. The zero-order chi connectivity index (χ0) is 20.2. The average molecular weight is 388 g/mol. The van der Waals surface area contributed by atoms with Crippen LogP contribution in [-0.2, 0) is 11.3 Å². The van der Waals surface area contributed by atoms with Gasteiger partial charge in [-0.3, -0.25) is 0 Å². The Morgan fingerprint density at radius 2 is 1.66 bits per heavy atom. The van der Waals surface area contributed by atoms with Crippen molar-refractivity contribution in [1.82, 2.24) is 0 Å². The number of carbonyl (C=O) groups excluding carboxylic acids is 1. The molecule has 0 atom stereocenters. The third-order valence-electron chi connectivity index (χ3n) is 4.63. The van der Waals surface area contributed by atoms with Gasteiger partial charge >= 0.3 is 5.97 Å². The van der Waals surface area contributed by atoms with Gasteiger partial charge in [0.2, 0.25) is 0 Å². The molecule has 5 nitrogen and oxygen atoms in total. The number of cyclic esters (lactones) is 1. The molecule has 4 rings (SSSR count). The van der Waals surface area contributed by atoms with E-state index in [2.05, 4.69) is 0 Å². The van der Waals surface area contributed by atoms with Crippen molar-refractivity contribution in [2.45, 2.75) is 6.61 Å². The molecule has 0 saturated heterocycles. The minimum absolute atomic E-state index is 0.405. The molecule has 0 N–H and O–H groups in total. The summed E-state index contributed by atoms with van der Waals surface area (Å²) in [5.41, 5.74) is 3.04. The van der Waals surface area contributed by atoms with Crippen LogP contribution in [0.5, 0.6) is 17.2 Å². The molecule has 146 valence electrons. The number of hydrogen-bond acceptors (Lipinski definition) is 5. The molecule has 1 heterocycles. The van der Waals surface area contributed by atoms with Crippen molar-refractivity contribution >= 4 is 17.8 Å². The van der Waals surface area contributed by atoms with Crippen molar-refractivity contribution in [1.29, 1.82) is 0 Å². The molecule has 0 amide bonds.